The molecular weight excluding hydrogens is 289 g/mol. The molecule has 0 aliphatic carbocycles. The highest BCUT2D eigenvalue weighted by Crippen LogP contribution is 2.31. The van der Waals surface area contributed by atoms with E-state index in [2.05, 4.69) is 27.3 Å². The van der Waals surface area contributed by atoms with Crippen molar-refractivity contribution in [2.75, 3.05) is 31.1 Å². The van der Waals surface area contributed by atoms with E-state index >= 15 is 0 Å². The van der Waals surface area contributed by atoms with Crippen molar-refractivity contribution in [2.24, 2.45) is 0 Å². The summed E-state index contributed by atoms with van der Waals surface area (Å²) < 4.78 is 14.0. The second-order valence-corrected chi connectivity index (χ2v) is 5.82. The number of piperazine rings is 1. The lowest BCUT2D eigenvalue weighted by molar-refractivity contribution is 0.589. The Kier molecular flexibility index (Phi) is 3.67. The van der Waals surface area contributed by atoms with Gasteiger partial charge >= 0.3 is 0 Å². The topological polar surface area (TPSA) is 28.2 Å². The van der Waals surface area contributed by atoms with Crippen molar-refractivity contribution in [2.45, 2.75) is 0 Å². The molecular formula is C19H18FN3. The Morgan fingerprint density at radius 3 is 2.74 bits per heavy atom. The molecule has 0 unspecified atom stereocenters. The number of nitrogens with zero attached hydrogens (tertiary/aromatic N) is 2. The molecule has 1 N–H and O–H groups in total. The largest absolute Gasteiger partial charge is 0.369 e. The van der Waals surface area contributed by atoms with E-state index < -0.39 is 0 Å². The molecule has 4 heteroatoms. The fourth-order valence-electron chi connectivity index (χ4n) is 3.17. The van der Waals surface area contributed by atoms with Crippen LogP contribution >= 0.6 is 0 Å². The first kappa shape index (κ1) is 14.2. The van der Waals surface area contributed by atoms with E-state index in [1.807, 2.05) is 24.3 Å². The van der Waals surface area contributed by atoms with Gasteiger partial charge in [0.2, 0.25) is 0 Å². The first-order chi connectivity index (χ1) is 11.3. The number of pyridine rings is 1. The maximum Gasteiger partial charge on any atom is 0.124 e. The van der Waals surface area contributed by atoms with Crippen molar-refractivity contribution < 1.29 is 4.39 Å². The standard InChI is InChI=1S/C19H18FN3/c20-16-11-15-4-2-6-22-19(15)18(13-16)14-3-1-5-17(12-14)23-9-7-21-8-10-23/h1-6,11-13,21H,7-10H2. The second kappa shape index (κ2) is 5.97. The zero-order valence-electron chi connectivity index (χ0n) is 12.8. The lowest BCUT2D eigenvalue weighted by Gasteiger charge is -2.29. The van der Waals surface area contributed by atoms with E-state index in [1.165, 1.54) is 11.8 Å². The molecule has 2 aromatic carbocycles. The van der Waals surface area contributed by atoms with Gasteiger partial charge in [-0.15, -0.1) is 0 Å². The summed E-state index contributed by atoms with van der Waals surface area (Å²) >= 11 is 0. The zero-order chi connectivity index (χ0) is 15.6. The summed E-state index contributed by atoms with van der Waals surface area (Å²) in [6, 6.07) is 15.1. The minimum atomic E-state index is -0.229. The van der Waals surface area contributed by atoms with Crippen LogP contribution in [0.5, 0.6) is 0 Å². The maximum absolute atomic E-state index is 14.0. The number of fused-ring (bicyclic) bond motifs is 1. The monoisotopic (exact) mass is 307 g/mol. The Balaban J connectivity index is 1.81. The summed E-state index contributed by atoms with van der Waals surface area (Å²) in [5, 5.41) is 4.19. The first-order valence-corrected chi connectivity index (χ1v) is 7.92. The third kappa shape index (κ3) is 2.78. The quantitative estimate of drug-likeness (QED) is 0.786. The van der Waals surface area contributed by atoms with Crippen molar-refractivity contribution in [1.82, 2.24) is 10.3 Å². The van der Waals surface area contributed by atoms with Crippen LogP contribution < -0.4 is 10.2 Å². The number of aromatic nitrogens is 1. The predicted molar refractivity (Wildman–Crippen MR) is 92.2 cm³/mol. The van der Waals surface area contributed by atoms with Crippen LogP contribution in [0.1, 0.15) is 0 Å². The Bertz CT molecular complexity index is 841. The molecule has 0 bridgehead atoms. The summed E-state index contributed by atoms with van der Waals surface area (Å²) in [4.78, 5) is 6.81. The first-order valence-electron chi connectivity index (χ1n) is 7.92. The van der Waals surface area contributed by atoms with Crippen molar-refractivity contribution in [3.05, 3.63) is 60.5 Å². The number of benzene rings is 2. The Labute approximate surface area is 134 Å². The fourth-order valence-corrected chi connectivity index (χ4v) is 3.17. The van der Waals surface area contributed by atoms with Gasteiger partial charge in [0.25, 0.3) is 0 Å². The normalized spacial score (nSPS) is 15.1. The summed E-state index contributed by atoms with van der Waals surface area (Å²) in [5.41, 5.74) is 3.87. The third-order valence-corrected chi connectivity index (χ3v) is 4.31. The Hall–Kier alpha value is -2.46. The molecule has 3 aromatic rings. The minimum absolute atomic E-state index is 0.229. The van der Waals surface area contributed by atoms with Crippen molar-refractivity contribution in [1.29, 1.82) is 0 Å². The van der Waals surface area contributed by atoms with E-state index in [4.69, 9.17) is 0 Å². The molecule has 2 heterocycles. The minimum Gasteiger partial charge on any atom is -0.369 e. The van der Waals surface area contributed by atoms with Gasteiger partial charge in [0.1, 0.15) is 5.82 Å². The number of halogens is 1. The lowest BCUT2D eigenvalue weighted by atomic mass is 10.0. The van der Waals surface area contributed by atoms with Crippen molar-refractivity contribution >= 4 is 16.6 Å². The van der Waals surface area contributed by atoms with Gasteiger partial charge in [0.15, 0.2) is 0 Å². The predicted octanol–water partition coefficient (Wildman–Crippen LogP) is 3.45. The maximum atomic E-state index is 14.0. The van der Waals surface area contributed by atoms with E-state index in [1.54, 1.807) is 12.3 Å². The molecule has 0 radical (unpaired) electrons. The SMILES string of the molecule is Fc1cc(-c2cccc(N3CCNCC3)c2)c2ncccc2c1. The van der Waals surface area contributed by atoms with E-state index in [-0.39, 0.29) is 5.82 Å². The van der Waals surface area contributed by atoms with Crippen LogP contribution in [0.4, 0.5) is 10.1 Å². The third-order valence-electron chi connectivity index (χ3n) is 4.31. The molecule has 0 amide bonds. The molecule has 1 fully saturated rings. The number of hydrogen-bond donors (Lipinski definition) is 1. The van der Waals surface area contributed by atoms with Gasteiger partial charge in [-0.25, -0.2) is 4.39 Å². The van der Waals surface area contributed by atoms with E-state index in [0.29, 0.717) is 0 Å². The summed E-state index contributed by atoms with van der Waals surface area (Å²) in [7, 11) is 0. The van der Waals surface area contributed by atoms with Crippen molar-refractivity contribution in [3.63, 3.8) is 0 Å². The van der Waals surface area contributed by atoms with Gasteiger partial charge in [-0.05, 0) is 35.9 Å². The van der Waals surface area contributed by atoms with Gasteiger partial charge in [0.05, 0.1) is 5.52 Å². The average Bonchev–Trinajstić information content (AvgIpc) is 2.62. The Morgan fingerprint density at radius 1 is 1.00 bits per heavy atom. The van der Waals surface area contributed by atoms with Gasteiger partial charge in [-0.3, -0.25) is 4.98 Å². The van der Waals surface area contributed by atoms with Crippen LogP contribution in [0.25, 0.3) is 22.0 Å². The molecule has 3 nitrogen and oxygen atoms in total. The molecule has 0 saturated carbocycles. The highest BCUT2D eigenvalue weighted by Gasteiger charge is 2.13. The van der Waals surface area contributed by atoms with Gasteiger partial charge < -0.3 is 10.2 Å². The van der Waals surface area contributed by atoms with E-state index in [9.17, 15) is 4.39 Å². The molecule has 1 saturated heterocycles. The summed E-state index contributed by atoms with van der Waals surface area (Å²) in [6.07, 6.45) is 1.75. The molecule has 1 aliphatic heterocycles. The van der Waals surface area contributed by atoms with Gasteiger partial charge in [0, 0.05) is 49.0 Å². The number of nitrogens with one attached hydrogen (secondary N) is 1. The van der Waals surface area contributed by atoms with Crippen molar-refractivity contribution in [3.8, 4) is 11.1 Å². The number of hydrogen-bond acceptors (Lipinski definition) is 3. The van der Waals surface area contributed by atoms with Crippen LogP contribution in [0.2, 0.25) is 0 Å². The van der Waals surface area contributed by atoms with Gasteiger partial charge in [-0.2, -0.15) is 0 Å². The van der Waals surface area contributed by atoms with E-state index in [0.717, 1.165) is 48.2 Å². The molecule has 1 aromatic heterocycles. The second-order valence-electron chi connectivity index (χ2n) is 5.82. The Morgan fingerprint density at radius 2 is 1.87 bits per heavy atom. The van der Waals surface area contributed by atoms with Gasteiger partial charge in [-0.1, -0.05) is 18.2 Å². The zero-order valence-corrected chi connectivity index (χ0v) is 12.8. The highest BCUT2D eigenvalue weighted by molar-refractivity contribution is 5.94. The molecule has 116 valence electrons. The molecule has 4 rings (SSSR count). The smallest absolute Gasteiger partial charge is 0.124 e. The number of anilines is 1. The van der Waals surface area contributed by atoms with Crippen LogP contribution in [0.3, 0.4) is 0 Å². The summed E-state index contributed by atoms with van der Waals surface area (Å²) in [6.45, 7) is 3.97. The molecule has 23 heavy (non-hydrogen) atoms. The van der Waals surface area contributed by atoms with Crippen LogP contribution in [-0.4, -0.2) is 31.2 Å². The fraction of sp³-hybridized carbons (Fsp3) is 0.211. The molecule has 1 aliphatic rings. The number of rotatable bonds is 2. The summed E-state index contributed by atoms with van der Waals surface area (Å²) in [5.74, 6) is -0.229. The highest BCUT2D eigenvalue weighted by atomic mass is 19.1. The van der Waals surface area contributed by atoms with Crippen LogP contribution in [-0.2, 0) is 0 Å². The molecule has 0 atom stereocenters. The lowest BCUT2D eigenvalue weighted by Crippen LogP contribution is -2.43. The van der Waals surface area contributed by atoms with Crippen LogP contribution in [0, 0.1) is 5.82 Å². The molecule has 0 spiro atoms. The average molecular weight is 307 g/mol. The van der Waals surface area contributed by atoms with Crippen LogP contribution in [0.15, 0.2) is 54.7 Å².